The molecule has 4 rings (SSSR count). The normalized spacial score (nSPS) is 12.8. The lowest BCUT2D eigenvalue weighted by Crippen LogP contribution is -2.15. The Morgan fingerprint density at radius 2 is 1.42 bits per heavy atom. The van der Waals surface area contributed by atoms with E-state index in [-0.39, 0.29) is 17.3 Å². The molecule has 2 aromatic carbocycles. The van der Waals surface area contributed by atoms with Gasteiger partial charge in [-0.1, -0.05) is 60.7 Å². The zero-order valence-electron chi connectivity index (χ0n) is 13.1. The zero-order chi connectivity index (χ0) is 16.5. The summed E-state index contributed by atoms with van der Waals surface area (Å²) in [4.78, 5) is 30.4. The van der Waals surface area contributed by atoms with Crippen LogP contribution in [0, 0.1) is 0 Å². The van der Waals surface area contributed by atoms with Crippen molar-refractivity contribution >= 4 is 11.6 Å². The van der Waals surface area contributed by atoms with Crippen LogP contribution in [0.4, 0.5) is 0 Å². The highest BCUT2D eigenvalue weighted by Crippen LogP contribution is 2.24. The van der Waals surface area contributed by atoms with E-state index < -0.39 is 0 Å². The Labute approximate surface area is 139 Å². The van der Waals surface area contributed by atoms with Crippen molar-refractivity contribution in [3.63, 3.8) is 0 Å². The highest BCUT2D eigenvalue weighted by atomic mass is 16.1. The van der Waals surface area contributed by atoms with Crippen molar-refractivity contribution in [1.29, 1.82) is 0 Å². The van der Waals surface area contributed by atoms with E-state index in [1.165, 1.54) is 0 Å². The molecule has 4 nitrogen and oxygen atoms in total. The van der Waals surface area contributed by atoms with Gasteiger partial charge in [-0.3, -0.25) is 9.59 Å². The fourth-order valence-electron chi connectivity index (χ4n) is 3.17. The Balaban J connectivity index is 1.84. The Morgan fingerprint density at radius 1 is 0.833 bits per heavy atom. The van der Waals surface area contributed by atoms with Crippen molar-refractivity contribution in [2.45, 2.75) is 19.4 Å². The molecule has 0 amide bonds. The van der Waals surface area contributed by atoms with E-state index in [4.69, 9.17) is 0 Å². The number of fused-ring (bicyclic) bond motifs is 1. The van der Waals surface area contributed by atoms with Crippen LogP contribution >= 0.6 is 0 Å². The van der Waals surface area contributed by atoms with E-state index in [0.717, 1.165) is 25.2 Å². The molecule has 0 fully saturated rings. The fraction of sp³-hybridized carbons (Fsp3) is 0.150. The van der Waals surface area contributed by atoms with Gasteiger partial charge in [-0.2, -0.15) is 0 Å². The molecule has 118 valence electrons. The van der Waals surface area contributed by atoms with Gasteiger partial charge in [0.05, 0.1) is 0 Å². The van der Waals surface area contributed by atoms with Crippen LogP contribution in [-0.4, -0.2) is 21.1 Å². The summed E-state index contributed by atoms with van der Waals surface area (Å²) in [7, 11) is 0. The molecule has 3 aromatic rings. The molecule has 0 unspecified atom stereocenters. The van der Waals surface area contributed by atoms with E-state index in [1.54, 1.807) is 24.3 Å². The monoisotopic (exact) mass is 316 g/mol. The molecular weight excluding hydrogens is 300 g/mol. The predicted octanol–water partition coefficient (Wildman–Crippen LogP) is 3.29. The van der Waals surface area contributed by atoms with Crippen LogP contribution in [0.1, 0.15) is 44.3 Å². The molecule has 0 aliphatic carbocycles. The van der Waals surface area contributed by atoms with Crippen LogP contribution in [0.5, 0.6) is 0 Å². The average Bonchev–Trinajstić information content (AvgIpc) is 3.23. The van der Waals surface area contributed by atoms with E-state index in [0.29, 0.717) is 16.8 Å². The molecule has 0 atom stereocenters. The molecule has 4 heteroatoms. The summed E-state index contributed by atoms with van der Waals surface area (Å²) >= 11 is 0. The molecule has 0 saturated carbocycles. The van der Waals surface area contributed by atoms with Crippen molar-refractivity contribution in [2.75, 3.05) is 0 Å². The molecule has 1 aromatic heterocycles. The zero-order valence-corrected chi connectivity index (χ0v) is 13.1. The number of benzene rings is 2. The standard InChI is InChI=1S/C20H16N2O2/c23-19(14-8-3-1-4-9-14)17-18(22-13-7-12-16(22)21-17)20(24)15-10-5-2-6-11-15/h1-6,8-11H,7,12-13H2. The Hall–Kier alpha value is -3.01. The maximum absolute atomic E-state index is 13.0. The molecule has 1 aliphatic heterocycles. The lowest BCUT2D eigenvalue weighted by molar-refractivity contribution is 0.0995. The highest BCUT2D eigenvalue weighted by Gasteiger charge is 2.30. The van der Waals surface area contributed by atoms with Gasteiger partial charge in [0.1, 0.15) is 17.2 Å². The third-order valence-electron chi connectivity index (χ3n) is 4.33. The van der Waals surface area contributed by atoms with Crippen LogP contribution < -0.4 is 0 Å². The number of nitrogens with zero attached hydrogens (tertiary/aromatic N) is 2. The first-order valence-electron chi connectivity index (χ1n) is 8.04. The van der Waals surface area contributed by atoms with Crippen LogP contribution in [0.15, 0.2) is 60.7 Å². The van der Waals surface area contributed by atoms with E-state index in [1.807, 2.05) is 41.0 Å². The molecule has 0 N–H and O–H groups in total. The van der Waals surface area contributed by atoms with E-state index in [2.05, 4.69) is 4.98 Å². The number of aryl methyl sites for hydroxylation is 1. The molecule has 0 radical (unpaired) electrons. The van der Waals surface area contributed by atoms with Crippen molar-refractivity contribution in [2.24, 2.45) is 0 Å². The van der Waals surface area contributed by atoms with Gasteiger partial charge < -0.3 is 4.57 Å². The highest BCUT2D eigenvalue weighted by molar-refractivity contribution is 6.18. The number of imidazole rings is 1. The molecule has 0 spiro atoms. The smallest absolute Gasteiger partial charge is 0.213 e. The second-order valence-electron chi connectivity index (χ2n) is 5.87. The van der Waals surface area contributed by atoms with Crippen LogP contribution in [0.2, 0.25) is 0 Å². The Bertz CT molecular complexity index is 912. The minimum absolute atomic E-state index is 0.143. The summed E-state index contributed by atoms with van der Waals surface area (Å²) in [5.41, 5.74) is 1.82. The molecule has 24 heavy (non-hydrogen) atoms. The third-order valence-corrected chi connectivity index (χ3v) is 4.33. The van der Waals surface area contributed by atoms with Crippen LogP contribution in [0.25, 0.3) is 0 Å². The number of hydrogen-bond donors (Lipinski definition) is 0. The van der Waals surface area contributed by atoms with Gasteiger partial charge in [0.15, 0.2) is 0 Å². The Morgan fingerprint density at radius 3 is 2.04 bits per heavy atom. The van der Waals surface area contributed by atoms with Gasteiger partial charge >= 0.3 is 0 Å². The molecule has 2 heterocycles. The van der Waals surface area contributed by atoms with Gasteiger partial charge in [0.2, 0.25) is 11.6 Å². The van der Waals surface area contributed by atoms with Crippen molar-refractivity contribution in [3.8, 4) is 0 Å². The molecule has 0 saturated heterocycles. The summed E-state index contributed by atoms with van der Waals surface area (Å²) in [6.45, 7) is 0.734. The van der Waals surface area contributed by atoms with Gasteiger partial charge in [0.25, 0.3) is 0 Å². The van der Waals surface area contributed by atoms with Crippen molar-refractivity contribution in [3.05, 3.63) is 89.0 Å². The summed E-state index contributed by atoms with van der Waals surface area (Å²) in [6, 6.07) is 18.1. The maximum Gasteiger partial charge on any atom is 0.213 e. The first-order chi connectivity index (χ1) is 11.8. The molecule has 1 aliphatic rings. The summed E-state index contributed by atoms with van der Waals surface area (Å²) in [6.07, 6.45) is 1.76. The topological polar surface area (TPSA) is 52.0 Å². The lowest BCUT2D eigenvalue weighted by Gasteiger charge is -2.07. The SMILES string of the molecule is O=C(c1ccccc1)c1nc2n(c1C(=O)c1ccccc1)CCC2. The number of carbonyl (C=O) groups is 2. The minimum Gasteiger partial charge on any atom is -0.325 e. The number of aromatic nitrogens is 2. The van der Waals surface area contributed by atoms with Gasteiger partial charge in [-0.15, -0.1) is 0 Å². The van der Waals surface area contributed by atoms with Crippen molar-refractivity contribution < 1.29 is 9.59 Å². The van der Waals surface area contributed by atoms with Gasteiger partial charge in [-0.05, 0) is 6.42 Å². The average molecular weight is 316 g/mol. The lowest BCUT2D eigenvalue weighted by atomic mass is 10.0. The van der Waals surface area contributed by atoms with Crippen molar-refractivity contribution in [1.82, 2.24) is 9.55 Å². The molecule has 0 bridgehead atoms. The second-order valence-corrected chi connectivity index (χ2v) is 5.87. The Kier molecular flexibility index (Phi) is 3.58. The van der Waals surface area contributed by atoms with Gasteiger partial charge in [0, 0.05) is 24.1 Å². The van der Waals surface area contributed by atoms with Crippen LogP contribution in [0.3, 0.4) is 0 Å². The summed E-state index contributed by atoms with van der Waals surface area (Å²) < 4.78 is 1.91. The van der Waals surface area contributed by atoms with E-state index in [9.17, 15) is 9.59 Å². The quantitative estimate of drug-likeness (QED) is 0.694. The third kappa shape index (κ3) is 2.36. The van der Waals surface area contributed by atoms with E-state index >= 15 is 0 Å². The molecular formula is C20H16N2O2. The fourth-order valence-corrected chi connectivity index (χ4v) is 3.17. The minimum atomic E-state index is -0.197. The number of hydrogen-bond acceptors (Lipinski definition) is 3. The van der Waals surface area contributed by atoms with Crippen LogP contribution in [-0.2, 0) is 13.0 Å². The number of ketones is 2. The van der Waals surface area contributed by atoms with Gasteiger partial charge in [-0.25, -0.2) is 4.98 Å². The summed E-state index contributed by atoms with van der Waals surface area (Å²) in [5, 5.41) is 0. The first kappa shape index (κ1) is 14.6. The largest absolute Gasteiger partial charge is 0.325 e. The second kappa shape index (κ2) is 5.89. The number of carbonyl (C=O) groups excluding carboxylic acids is 2. The predicted molar refractivity (Wildman–Crippen MR) is 90.3 cm³/mol. The summed E-state index contributed by atoms with van der Waals surface area (Å²) in [5.74, 6) is 0.487. The first-order valence-corrected chi connectivity index (χ1v) is 8.04. The maximum atomic E-state index is 13.0. The number of rotatable bonds is 4.